The molecule has 0 radical (unpaired) electrons. The fraction of sp³-hybridized carbons (Fsp3) is 0.312. The normalized spacial score (nSPS) is 13.9. The highest BCUT2D eigenvalue weighted by atomic mass is 16.4. The van der Waals surface area contributed by atoms with Crippen LogP contribution in [0.5, 0.6) is 0 Å². The first kappa shape index (κ1) is 14.3. The van der Waals surface area contributed by atoms with Gasteiger partial charge in [-0.3, -0.25) is 9.48 Å². The van der Waals surface area contributed by atoms with Crippen molar-refractivity contribution < 1.29 is 14.7 Å². The summed E-state index contributed by atoms with van der Waals surface area (Å²) in [5, 5.41) is 13.1. The van der Waals surface area contributed by atoms with E-state index in [0.29, 0.717) is 18.2 Å². The summed E-state index contributed by atoms with van der Waals surface area (Å²) in [5.74, 6) is -1.04. The van der Waals surface area contributed by atoms with Crippen LogP contribution in [-0.2, 0) is 6.54 Å². The summed E-state index contributed by atoms with van der Waals surface area (Å²) in [6, 6.07) is 6.99. The van der Waals surface area contributed by atoms with E-state index in [1.807, 2.05) is 4.68 Å². The Balaban J connectivity index is 1.65. The molecule has 6 nitrogen and oxygen atoms in total. The molecule has 1 aliphatic carbocycles. The van der Waals surface area contributed by atoms with Crippen LogP contribution >= 0.6 is 0 Å². The van der Waals surface area contributed by atoms with E-state index < -0.39 is 5.97 Å². The molecule has 0 aliphatic heterocycles. The lowest BCUT2D eigenvalue weighted by Gasteiger charge is -2.16. The number of hydrogen-bond donors (Lipinski definition) is 1. The Morgan fingerprint density at radius 1 is 1.27 bits per heavy atom. The zero-order valence-corrected chi connectivity index (χ0v) is 12.3. The highest BCUT2D eigenvalue weighted by Gasteiger charge is 2.25. The Kier molecular flexibility index (Phi) is 3.66. The predicted molar refractivity (Wildman–Crippen MR) is 79.7 cm³/mol. The van der Waals surface area contributed by atoms with E-state index in [1.165, 1.54) is 0 Å². The van der Waals surface area contributed by atoms with E-state index in [4.69, 9.17) is 5.11 Å². The van der Waals surface area contributed by atoms with Gasteiger partial charge in [-0.25, -0.2) is 4.79 Å². The monoisotopic (exact) mass is 299 g/mol. The van der Waals surface area contributed by atoms with Gasteiger partial charge < -0.3 is 10.0 Å². The second-order valence-corrected chi connectivity index (χ2v) is 5.60. The molecular weight excluding hydrogens is 282 g/mol. The number of carboxylic acid groups (broad SMARTS) is 1. The van der Waals surface area contributed by atoms with Crippen LogP contribution < -0.4 is 0 Å². The first-order valence-corrected chi connectivity index (χ1v) is 7.16. The van der Waals surface area contributed by atoms with Gasteiger partial charge in [0, 0.05) is 19.8 Å². The van der Waals surface area contributed by atoms with Crippen molar-refractivity contribution in [1.82, 2.24) is 14.7 Å². The molecule has 1 N–H and O–H groups in total. The lowest BCUT2D eigenvalue weighted by Crippen LogP contribution is -2.25. The quantitative estimate of drug-likeness (QED) is 0.918. The average Bonchev–Trinajstić information content (AvgIpc) is 3.24. The SMILES string of the molecule is CN(Cc1ccc(C(=O)O)cc1)C(=O)c1cnn(C2CC2)c1. The molecule has 1 aromatic carbocycles. The number of carbonyl (C=O) groups is 2. The molecule has 22 heavy (non-hydrogen) atoms. The molecular formula is C16H17N3O3. The molecule has 1 aliphatic rings. The van der Waals surface area contributed by atoms with Crippen LogP contribution in [0.25, 0.3) is 0 Å². The average molecular weight is 299 g/mol. The fourth-order valence-corrected chi connectivity index (χ4v) is 2.31. The minimum atomic E-state index is -0.955. The Morgan fingerprint density at radius 3 is 2.55 bits per heavy atom. The first-order chi connectivity index (χ1) is 10.5. The molecule has 2 aromatic rings. The van der Waals surface area contributed by atoms with Crippen LogP contribution in [0.1, 0.15) is 45.2 Å². The van der Waals surface area contributed by atoms with Gasteiger partial charge in [-0.2, -0.15) is 5.10 Å². The van der Waals surface area contributed by atoms with Crippen LogP contribution in [0.3, 0.4) is 0 Å². The van der Waals surface area contributed by atoms with Gasteiger partial charge in [0.05, 0.1) is 23.4 Å². The third-order valence-corrected chi connectivity index (χ3v) is 3.74. The van der Waals surface area contributed by atoms with Gasteiger partial charge in [0.2, 0.25) is 0 Å². The molecule has 0 spiro atoms. The third kappa shape index (κ3) is 3.00. The molecule has 0 bridgehead atoms. The molecule has 1 amide bonds. The summed E-state index contributed by atoms with van der Waals surface area (Å²) in [5.41, 5.74) is 1.70. The summed E-state index contributed by atoms with van der Waals surface area (Å²) >= 11 is 0. The largest absolute Gasteiger partial charge is 0.478 e. The highest BCUT2D eigenvalue weighted by Crippen LogP contribution is 2.34. The smallest absolute Gasteiger partial charge is 0.335 e. The molecule has 6 heteroatoms. The van der Waals surface area contributed by atoms with Crippen molar-refractivity contribution in [2.24, 2.45) is 0 Å². The lowest BCUT2D eigenvalue weighted by molar-refractivity contribution is 0.0695. The number of aromatic carboxylic acids is 1. The minimum absolute atomic E-state index is 0.0887. The Hall–Kier alpha value is -2.63. The second kappa shape index (κ2) is 5.63. The summed E-state index contributed by atoms with van der Waals surface area (Å²) in [7, 11) is 1.72. The van der Waals surface area contributed by atoms with Gasteiger partial charge >= 0.3 is 5.97 Å². The predicted octanol–water partition coefficient (Wildman–Crippen LogP) is 2.19. The number of nitrogens with zero attached hydrogens (tertiary/aromatic N) is 3. The van der Waals surface area contributed by atoms with E-state index in [9.17, 15) is 9.59 Å². The van der Waals surface area contributed by atoms with E-state index in [0.717, 1.165) is 18.4 Å². The zero-order chi connectivity index (χ0) is 15.7. The number of carboxylic acids is 1. The maximum atomic E-state index is 12.4. The van der Waals surface area contributed by atoms with Crippen LogP contribution in [0.15, 0.2) is 36.7 Å². The minimum Gasteiger partial charge on any atom is -0.478 e. The van der Waals surface area contributed by atoms with Crippen LogP contribution in [0.2, 0.25) is 0 Å². The zero-order valence-electron chi connectivity index (χ0n) is 12.3. The summed E-state index contributed by atoms with van der Waals surface area (Å²) in [6.07, 6.45) is 5.65. The standard InChI is InChI=1S/C16H17N3O3/c1-18(9-11-2-4-12(5-3-11)16(21)22)15(20)13-8-17-19(10-13)14-6-7-14/h2-5,8,10,14H,6-7,9H2,1H3,(H,21,22). The van der Waals surface area contributed by atoms with Gasteiger partial charge in [0.15, 0.2) is 0 Å². The molecule has 1 fully saturated rings. The lowest BCUT2D eigenvalue weighted by atomic mass is 10.1. The number of benzene rings is 1. The molecule has 1 saturated carbocycles. The van der Waals surface area contributed by atoms with Crippen molar-refractivity contribution in [3.8, 4) is 0 Å². The molecule has 0 saturated heterocycles. The van der Waals surface area contributed by atoms with Crippen molar-refractivity contribution in [1.29, 1.82) is 0 Å². The molecule has 114 valence electrons. The number of carbonyl (C=O) groups excluding carboxylic acids is 1. The molecule has 0 atom stereocenters. The first-order valence-electron chi connectivity index (χ1n) is 7.16. The summed E-state index contributed by atoms with van der Waals surface area (Å²) < 4.78 is 1.85. The van der Waals surface area contributed by atoms with Crippen molar-refractivity contribution in [3.05, 3.63) is 53.3 Å². The molecule has 1 heterocycles. The van der Waals surface area contributed by atoms with Crippen molar-refractivity contribution in [3.63, 3.8) is 0 Å². The Morgan fingerprint density at radius 2 is 1.95 bits per heavy atom. The number of amides is 1. The van der Waals surface area contributed by atoms with E-state index in [2.05, 4.69) is 5.10 Å². The fourth-order valence-electron chi connectivity index (χ4n) is 2.31. The maximum Gasteiger partial charge on any atom is 0.335 e. The molecule has 0 unspecified atom stereocenters. The van der Waals surface area contributed by atoms with E-state index in [1.54, 1.807) is 48.6 Å². The number of hydrogen-bond acceptors (Lipinski definition) is 3. The van der Waals surface area contributed by atoms with E-state index in [-0.39, 0.29) is 11.5 Å². The van der Waals surface area contributed by atoms with Gasteiger partial charge in [0.1, 0.15) is 0 Å². The second-order valence-electron chi connectivity index (χ2n) is 5.60. The Bertz CT molecular complexity index is 702. The molecule has 1 aromatic heterocycles. The highest BCUT2D eigenvalue weighted by molar-refractivity contribution is 5.93. The van der Waals surface area contributed by atoms with Gasteiger partial charge in [-0.1, -0.05) is 12.1 Å². The van der Waals surface area contributed by atoms with Crippen LogP contribution in [-0.4, -0.2) is 38.7 Å². The van der Waals surface area contributed by atoms with Crippen LogP contribution in [0, 0.1) is 0 Å². The van der Waals surface area contributed by atoms with Crippen LogP contribution in [0.4, 0.5) is 0 Å². The van der Waals surface area contributed by atoms with Crippen molar-refractivity contribution in [2.45, 2.75) is 25.4 Å². The van der Waals surface area contributed by atoms with E-state index >= 15 is 0 Å². The number of aromatic nitrogens is 2. The summed E-state index contributed by atoms with van der Waals surface area (Å²) in [6.45, 7) is 0.424. The van der Waals surface area contributed by atoms with Gasteiger partial charge in [0.25, 0.3) is 5.91 Å². The summed E-state index contributed by atoms with van der Waals surface area (Å²) in [4.78, 5) is 24.8. The topological polar surface area (TPSA) is 75.4 Å². The third-order valence-electron chi connectivity index (χ3n) is 3.74. The Labute approximate surface area is 128 Å². The number of rotatable bonds is 5. The van der Waals surface area contributed by atoms with Crippen molar-refractivity contribution in [2.75, 3.05) is 7.05 Å². The maximum absolute atomic E-state index is 12.4. The molecule has 3 rings (SSSR count). The van der Waals surface area contributed by atoms with Gasteiger partial charge in [-0.15, -0.1) is 0 Å². The van der Waals surface area contributed by atoms with Gasteiger partial charge in [-0.05, 0) is 30.5 Å². The van der Waals surface area contributed by atoms with Crippen molar-refractivity contribution >= 4 is 11.9 Å².